The first kappa shape index (κ1) is 26.1. The molecule has 0 radical (unpaired) electrons. The molecule has 2 aliphatic rings. The van der Waals surface area contributed by atoms with Gasteiger partial charge in [0.05, 0.1) is 16.3 Å². The molecule has 0 aliphatic carbocycles. The molecule has 1 amide bonds. The van der Waals surface area contributed by atoms with Gasteiger partial charge < -0.3 is 9.64 Å². The van der Waals surface area contributed by atoms with Gasteiger partial charge in [0.15, 0.2) is 5.17 Å². The maximum Gasteiger partial charge on any atom is 0.286 e. The third kappa shape index (κ3) is 5.72. The Morgan fingerprint density at radius 2 is 1.73 bits per heavy atom. The van der Waals surface area contributed by atoms with Gasteiger partial charge in [-0.1, -0.05) is 43.3 Å². The molecule has 3 aromatic carbocycles. The summed E-state index contributed by atoms with van der Waals surface area (Å²) in [5.74, 6) is 0.833. The van der Waals surface area contributed by atoms with Gasteiger partial charge in [0.2, 0.25) is 0 Å². The van der Waals surface area contributed by atoms with Crippen LogP contribution in [0.15, 0.2) is 95.0 Å². The zero-order valence-electron chi connectivity index (χ0n) is 22.2. The van der Waals surface area contributed by atoms with E-state index in [9.17, 15) is 9.18 Å². The molecular weight excluding hydrogens is 523 g/mol. The molecule has 3 heterocycles. The summed E-state index contributed by atoms with van der Waals surface area (Å²) < 4.78 is 21.6. The van der Waals surface area contributed by atoms with E-state index in [-0.39, 0.29) is 18.3 Å². The number of carbonyl (C=O) groups excluding carboxylic acids is 1. The number of thioether (sulfide) groups is 1. The highest BCUT2D eigenvalue weighted by Gasteiger charge is 2.28. The fraction of sp³-hybridized carbons (Fsp3) is 0.219. The molecule has 0 saturated carbocycles. The van der Waals surface area contributed by atoms with E-state index in [4.69, 9.17) is 9.84 Å². The first-order chi connectivity index (χ1) is 19.5. The van der Waals surface area contributed by atoms with Crippen LogP contribution in [0.25, 0.3) is 23.0 Å². The molecule has 6 rings (SSSR count). The average molecular weight is 553 g/mol. The average Bonchev–Trinajstić information content (AvgIpc) is 3.57. The fourth-order valence-corrected chi connectivity index (χ4v) is 5.75. The summed E-state index contributed by atoms with van der Waals surface area (Å²) in [5.41, 5.74) is 3.86. The number of likely N-dealkylation sites (tertiary alicyclic amines) is 1. The minimum atomic E-state index is -0.287. The van der Waals surface area contributed by atoms with Crippen LogP contribution >= 0.6 is 11.8 Å². The summed E-state index contributed by atoms with van der Waals surface area (Å²) in [6, 6.07) is 24.0. The van der Waals surface area contributed by atoms with Gasteiger partial charge >= 0.3 is 0 Å². The second-order valence-electron chi connectivity index (χ2n) is 10.1. The molecule has 0 bridgehead atoms. The molecule has 6 nitrogen and oxygen atoms in total. The van der Waals surface area contributed by atoms with E-state index >= 15 is 0 Å². The Labute approximate surface area is 237 Å². The van der Waals surface area contributed by atoms with Gasteiger partial charge in [-0.05, 0) is 79.1 Å². The molecule has 1 fully saturated rings. The lowest BCUT2D eigenvalue weighted by Gasteiger charge is -2.30. The second kappa shape index (κ2) is 11.5. The predicted molar refractivity (Wildman–Crippen MR) is 158 cm³/mol. The Balaban J connectivity index is 1.26. The lowest BCUT2D eigenvalue weighted by atomic mass is 10.00. The molecule has 4 aromatic rings. The van der Waals surface area contributed by atoms with Crippen molar-refractivity contribution in [2.24, 2.45) is 10.9 Å². The Morgan fingerprint density at radius 1 is 1.00 bits per heavy atom. The van der Waals surface area contributed by atoms with Crippen molar-refractivity contribution in [3.05, 3.63) is 107 Å². The number of ether oxygens (including phenoxy) is 1. The SMILES string of the molecule is CC1CCN(C2=NC(=O)/C(=C/c3cn(-c4ccccc4)nc3-c3ccc(OCc4ccccc4F)cc3)S2)CC1. The number of hydrogen-bond donors (Lipinski definition) is 0. The topological polar surface area (TPSA) is 59.7 Å². The van der Waals surface area contributed by atoms with Gasteiger partial charge in [0, 0.05) is 36.0 Å². The summed E-state index contributed by atoms with van der Waals surface area (Å²) >= 11 is 1.44. The normalized spacial score (nSPS) is 16.9. The largest absolute Gasteiger partial charge is 0.489 e. The van der Waals surface area contributed by atoms with Crippen LogP contribution < -0.4 is 4.74 Å². The highest BCUT2D eigenvalue weighted by molar-refractivity contribution is 8.18. The van der Waals surface area contributed by atoms with Crippen molar-refractivity contribution in [2.45, 2.75) is 26.4 Å². The summed E-state index contributed by atoms with van der Waals surface area (Å²) in [4.78, 5) is 20.1. The van der Waals surface area contributed by atoms with E-state index in [0.717, 1.165) is 53.6 Å². The molecule has 0 unspecified atom stereocenters. The molecule has 40 heavy (non-hydrogen) atoms. The number of piperidine rings is 1. The Bertz CT molecular complexity index is 1570. The van der Waals surface area contributed by atoms with Crippen molar-refractivity contribution in [1.82, 2.24) is 14.7 Å². The maximum atomic E-state index is 14.0. The maximum absolute atomic E-state index is 14.0. The molecule has 0 atom stereocenters. The summed E-state index contributed by atoms with van der Waals surface area (Å²) in [6.45, 7) is 4.26. The smallest absolute Gasteiger partial charge is 0.286 e. The van der Waals surface area contributed by atoms with Crippen LogP contribution in [0.3, 0.4) is 0 Å². The predicted octanol–water partition coefficient (Wildman–Crippen LogP) is 6.96. The minimum Gasteiger partial charge on any atom is -0.489 e. The number of amides is 1. The number of nitrogens with zero attached hydrogens (tertiary/aromatic N) is 4. The molecule has 1 saturated heterocycles. The number of para-hydroxylation sites is 1. The summed E-state index contributed by atoms with van der Waals surface area (Å²) in [5, 5.41) is 5.67. The van der Waals surface area contributed by atoms with E-state index in [1.54, 1.807) is 18.2 Å². The van der Waals surface area contributed by atoms with Gasteiger partial charge in [-0.25, -0.2) is 9.07 Å². The lowest BCUT2D eigenvalue weighted by molar-refractivity contribution is -0.113. The van der Waals surface area contributed by atoms with Crippen LogP contribution in [0.4, 0.5) is 4.39 Å². The number of amidine groups is 1. The van der Waals surface area contributed by atoms with E-state index in [2.05, 4.69) is 16.8 Å². The van der Waals surface area contributed by atoms with Crippen molar-refractivity contribution in [2.75, 3.05) is 13.1 Å². The lowest BCUT2D eigenvalue weighted by Crippen LogP contribution is -2.35. The standard InChI is InChI=1S/C32H29FN4O2S/c1-22-15-17-36(18-16-22)32-34-31(38)29(40-32)19-25-20-37(26-8-3-2-4-9-26)35-30(25)23-11-13-27(14-12-23)39-21-24-7-5-6-10-28(24)33/h2-14,19-20,22H,15-18,21H2,1H3/b29-19-. The highest BCUT2D eigenvalue weighted by Crippen LogP contribution is 2.35. The number of benzene rings is 3. The quantitative estimate of drug-likeness (QED) is 0.242. The summed E-state index contributed by atoms with van der Waals surface area (Å²) in [7, 11) is 0. The van der Waals surface area contributed by atoms with Gasteiger partial charge in [-0.2, -0.15) is 10.1 Å². The van der Waals surface area contributed by atoms with Crippen LogP contribution in [0.5, 0.6) is 5.75 Å². The van der Waals surface area contributed by atoms with E-state index in [1.807, 2.05) is 71.6 Å². The number of halogens is 1. The van der Waals surface area contributed by atoms with Gasteiger partial charge in [0.25, 0.3) is 5.91 Å². The first-order valence-corrected chi connectivity index (χ1v) is 14.2. The minimum absolute atomic E-state index is 0.142. The van der Waals surface area contributed by atoms with Gasteiger partial charge in [-0.3, -0.25) is 4.79 Å². The number of aliphatic imine (C=N–C) groups is 1. The van der Waals surface area contributed by atoms with E-state index in [0.29, 0.717) is 22.1 Å². The Hall–Kier alpha value is -4.17. The molecule has 2 aliphatic heterocycles. The van der Waals surface area contributed by atoms with Gasteiger partial charge in [-0.15, -0.1) is 0 Å². The number of carbonyl (C=O) groups is 1. The highest BCUT2D eigenvalue weighted by atomic mass is 32.2. The monoisotopic (exact) mass is 552 g/mol. The van der Waals surface area contributed by atoms with Crippen LogP contribution in [0.1, 0.15) is 30.9 Å². The summed E-state index contributed by atoms with van der Waals surface area (Å²) in [6.07, 6.45) is 6.05. The third-order valence-electron chi connectivity index (χ3n) is 7.19. The number of aromatic nitrogens is 2. The molecular formula is C32H29FN4O2S. The number of hydrogen-bond acceptors (Lipinski definition) is 5. The van der Waals surface area contributed by atoms with Crippen LogP contribution in [0.2, 0.25) is 0 Å². The third-order valence-corrected chi connectivity index (χ3v) is 8.24. The fourth-order valence-electron chi connectivity index (χ4n) is 4.79. The molecule has 1 aromatic heterocycles. The molecule has 8 heteroatoms. The molecule has 202 valence electrons. The van der Waals surface area contributed by atoms with E-state index in [1.165, 1.54) is 17.8 Å². The van der Waals surface area contributed by atoms with Crippen LogP contribution in [-0.4, -0.2) is 38.8 Å². The number of rotatable bonds is 6. The van der Waals surface area contributed by atoms with Crippen molar-refractivity contribution in [1.29, 1.82) is 0 Å². The van der Waals surface area contributed by atoms with Crippen molar-refractivity contribution >= 4 is 28.9 Å². The molecule has 0 N–H and O–H groups in total. The van der Waals surface area contributed by atoms with Crippen LogP contribution in [-0.2, 0) is 11.4 Å². The second-order valence-corrected chi connectivity index (χ2v) is 11.1. The van der Waals surface area contributed by atoms with Crippen LogP contribution in [0, 0.1) is 11.7 Å². The van der Waals surface area contributed by atoms with Crippen molar-refractivity contribution in [3.8, 4) is 22.7 Å². The van der Waals surface area contributed by atoms with Crippen molar-refractivity contribution in [3.63, 3.8) is 0 Å². The molecule has 0 spiro atoms. The zero-order chi connectivity index (χ0) is 27.5. The Morgan fingerprint density at radius 3 is 2.48 bits per heavy atom. The van der Waals surface area contributed by atoms with Crippen molar-refractivity contribution < 1.29 is 13.9 Å². The van der Waals surface area contributed by atoms with E-state index < -0.39 is 0 Å². The van der Waals surface area contributed by atoms with Gasteiger partial charge in [0.1, 0.15) is 18.2 Å². The zero-order valence-corrected chi connectivity index (χ0v) is 23.0. The Kier molecular flexibility index (Phi) is 7.51. The first-order valence-electron chi connectivity index (χ1n) is 13.4.